The lowest BCUT2D eigenvalue weighted by atomic mass is 10.0. The van der Waals surface area contributed by atoms with Gasteiger partial charge in [0.15, 0.2) is 11.6 Å². The average molecular weight is 789 g/mol. The summed E-state index contributed by atoms with van der Waals surface area (Å²) in [6.45, 7) is 2.24. The molecule has 3 aromatic heterocycles. The van der Waals surface area contributed by atoms with E-state index in [9.17, 15) is 0 Å². The normalized spacial score (nSPS) is 11.6. The second-order valence-corrected chi connectivity index (χ2v) is 16.5. The first-order valence-corrected chi connectivity index (χ1v) is 21.6. The average Bonchev–Trinajstić information content (AvgIpc) is 3.87. The number of hydrogen-bond acceptors (Lipinski definition) is 4. The van der Waals surface area contributed by atoms with E-state index < -0.39 is 0 Å². The molecule has 0 bridgehead atoms. The van der Waals surface area contributed by atoms with E-state index in [4.69, 9.17) is 15.0 Å². The maximum atomic E-state index is 5.29. The van der Waals surface area contributed by atoms with E-state index in [1.54, 1.807) is 0 Å². The van der Waals surface area contributed by atoms with Crippen LogP contribution in [-0.4, -0.2) is 19.5 Å². The van der Waals surface area contributed by atoms with Crippen LogP contribution in [0, 0.1) is 0 Å². The van der Waals surface area contributed by atoms with Crippen molar-refractivity contribution in [3.8, 4) is 62.1 Å². The lowest BCUT2D eigenvalue weighted by Gasteiger charge is -2.12. The number of para-hydroxylation sites is 1. The highest BCUT2D eigenvalue weighted by atomic mass is 32.1. The van der Waals surface area contributed by atoms with Gasteiger partial charge in [-0.3, -0.25) is 4.57 Å². The zero-order valence-electron chi connectivity index (χ0n) is 33.2. The van der Waals surface area contributed by atoms with Gasteiger partial charge in [0.25, 0.3) is 0 Å². The van der Waals surface area contributed by atoms with Crippen LogP contribution in [0.5, 0.6) is 0 Å². The van der Waals surface area contributed by atoms with E-state index in [0.29, 0.717) is 17.6 Å². The minimum Gasteiger partial charge on any atom is -0.278 e. The van der Waals surface area contributed by atoms with E-state index in [1.165, 1.54) is 55.3 Å². The predicted octanol–water partition coefficient (Wildman–Crippen LogP) is 15.0. The molecule has 60 heavy (non-hydrogen) atoms. The van der Waals surface area contributed by atoms with Crippen LogP contribution in [0.15, 0.2) is 188 Å². The van der Waals surface area contributed by atoms with Crippen LogP contribution >= 0.6 is 11.3 Å². The summed E-state index contributed by atoms with van der Waals surface area (Å²) < 4.78 is 4.82. The number of benzene rings is 8. The Bertz CT molecular complexity index is 3340. The number of rotatable bonds is 9. The second-order valence-electron chi connectivity index (χ2n) is 15.5. The molecule has 0 fully saturated rings. The molecule has 4 nitrogen and oxygen atoms in total. The van der Waals surface area contributed by atoms with Crippen LogP contribution in [0.2, 0.25) is 0 Å². The second kappa shape index (κ2) is 15.2. The van der Waals surface area contributed by atoms with Gasteiger partial charge in [-0.15, -0.1) is 11.3 Å². The number of nitrogens with zero attached hydrogens (tertiary/aromatic N) is 4. The summed E-state index contributed by atoms with van der Waals surface area (Å²) in [6.07, 6.45) is 3.52. The van der Waals surface area contributed by atoms with E-state index in [-0.39, 0.29) is 0 Å². The molecule has 0 saturated heterocycles. The van der Waals surface area contributed by atoms with E-state index >= 15 is 0 Å². The number of unbranched alkanes of at least 4 members (excludes halogenated alkanes) is 1. The van der Waals surface area contributed by atoms with Gasteiger partial charge in [-0.05, 0) is 82.1 Å². The Kier molecular flexibility index (Phi) is 9.09. The third-order valence-electron chi connectivity index (χ3n) is 11.7. The summed E-state index contributed by atoms with van der Waals surface area (Å²) >= 11 is 1.86. The van der Waals surface area contributed by atoms with Gasteiger partial charge in [0.2, 0.25) is 5.95 Å². The molecule has 5 heteroatoms. The van der Waals surface area contributed by atoms with E-state index in [2.05, 4.69) is 193 Å². The highest BCUT2D eigenvalue weighted by Crippen LogP contribution is 2.42. The molecule has 0 N–H and O–H groups in total. The Labute approximate surface area is 353 Å². The first-order chi connectivity index (χ1) is 29.7. The molecule has 11 aromatic rings. The summed E-state index contributed by atoms with van der Waals surface area (Å²) in [5.74, 6) is 1.83. The van der Waals surface area contributed by atoms with Crippen LogP contribution in [0.25, 0.3) is 104 Å². The van der Waals surface area contributed by atoms with Crippen molar-refractivity contribution in [2.45, 2.75) is 26.2 Å². The summed E-state index contributed by atoms with van der Waals surface area (Å²) in [4.78, 5) is 15.8. The molecule has 0 amide bonds. The molecule has 0 unspecified atom stereocenters. The highest BCUT2D eigenvalue weighted by Gasteiger charge is 2.20. The molecule has 3 heterocycles. The standard InChI is InChI=1S/C55H40N4S/c1-2-3-13-36-24-26-38(27-25-36)39-28-30-40(31-29-39)53-56-54(43-17-11-16-41(34-43)37-14-5-4-6-15-37)58-55(57-53)59-49-22-9-7-18-45(49)48-35-42(32-33-50(48)59)44-20-12-21-47-46-19-8-10-23-51(46)60-52(44)47/h4-12,14-35H,2-3,13H2,1H3. The third kappa shape index (κ3) is 6.44. The van der Waals surface area contributed by atoms with Crippen molar-refractivity contribution in [1.29, 1.82) is 0 Å². The first kappa shape index (κ1) is 35.9. The van der Waals surface area contributed by atoms with Gasteiger partial charge < -0.3 is 0 Å². The van der Waals surface area contributed by atoms with Gasteiger partial charge in [-0.1, -0.05) is 171 Å². The molecule has 0 atom stereocenters. The maximum Gasteiger partial charge on any atom is 0.238 e. The van der Waals surface area contributed by atoms with Crippen LogP contribution in [-0.2, 0) is 6.42 Å². The van der Waals surface area contributed by atoms with Crippen molar-refractivity contribution < 1.29 is 0 Å². The largest absolute Gasteiger partial charge is 0.278 e. The molecule has 286 valence electrons. The molecular weight excluding hydrogens is 749 g/mol. The number of thiophene rings is 1. The van der Waals surface area contributed by atoms with Crippen molar-refractivity contribution in [3.05, 3.63) is 194 Å². The quantitative estimate of drug-likeness (QED) is 0.146. The monoisotopic (exact) mass is 788 g/mol. The maximum absolute atomic E-state index is 5.29. The number of aromatic nitrogens is 4. The molecule has 8 aromatic carbocycles. The summed E-state index contributed by atoms with van der Waals surface area (Å²) in [6, 6.07) is 67.3. The van der Waals surface area contributed by atoms with Gasteiger partial charge in [-0.2, -0.15) is 9.97 Å². The number of fused-ring (bicyclic) bond motifs is 6. The van der Waals surface area contributed by atoms with E-state index in [1.807, 2.05) is 17.4 Å². The van der Waals surface area contributed by atoms with Gasteiger partial charge in [0, 0.05) is 42.1 Å². The Balaban J connectivity index is 1.07. The number of hydrogen-bond donors (Lipinski definition) is 0. The van der Waals surface area contributed by atoms with Crippen LogP contribution < -0.4 is 0 Å². The van der Waals surface area contributed by atoms with Crippen molar-refractivity contribution in [3.63, 3.8) is 0 Å². The van der Waals surface area contributed by atoms with Gasteiger partial charge in [0.1, 0.15) is 0 Å². The van der Waals surface area contributed by atoms with Gasteiger partial charge in [-0.25, -0.2) is 4.98 Å². The topological polar surface area (TPSA) is 43.6 Å². The van der Waals surface area contributed by atoms with Crippen molar-refractivity contribution in [2.24, 2.45) is 0 Å². The molecule has 11 rings (SSSR count). The Hall–Kier alpha value is -7.21. The van der Waals surface area contributed by atoms with E-state index in [0.717, 1.165) is 56.0 Å². The van der Waals surface area contributed by atoms with Crippen LogP contribution in [0.3, 0.4) is 0 Å². The molecule has 0 aliphatic rings. The van der Waals surface area contributed by atoms with Crippen LogP contribution in [0.4, 0.5) is 0 Å². The molecule has 0 aliphatic heterocycles. The fourth-order valence-corrected chi connectivity index (χ4v) is 9.82. The predicted molar refractivity (Wildman–Crippen MR) is 253 cm³/mol. The molecular formula is C55H40N4S. The summed E-state index contributed by atoms with van der Waals surface area (Å²) in [7, 11) is 0. The van der Waals surface area contributed by atoms with Crippen molar-refractivity contribution in [2.75, 3.05) is 0 Å². The summed E-state index contributed by atoms with van der Waals surface area (Å²) in [5.41, 5.74) is 12.4. The Morgan fingerprint density at radius 1 is 0.433 bits per heavy atom. The van der Waals surface area contributed by atoms with Gasteiger partial charge in [0.05, 0.1) is 11.0 Å². The van der Waals surface area contributed by atoms with Crippen molar-refractivity contribution in [1.82, 2.24) is 19.5 Å². The van der Waals surface area contributed by atoms with Crippen molar-refractivity contribution >= 4 is 53.3 Å². The zero-order valence-corrected chi connectivity index (χ0v) is 34.0. The molecule has 0 aliphatic carbocycles. The van der Waals surface area contributed by atoms with Gasteiger partial charge >= 0.3 is 0 Å². The van der Waals surface area contributed by atoms with Crippen LogP contribution in [0.1, 0.15) is 25.3 Å². The summed E-state index contributed by atoms with van der Waals surface area (Å²) in [5, 5.41) is 4.91. The SMILES string of the molecule is CCCCc1ccc(-c2ccc(-c3nc(-c4cccc(-c5ccccc5)c4)nc(-n4c5ccccc5c5cc(-c6cccc7c6sc6ccccc67)ccc54)n3)cc2)cc1. The fraction of sp³-hybridized carbons (Fsp3) is 0.0727. The number of aryl methyl sites for hydroxylation is 1. The Morgan fingerprint density at radius 3 is 1.85 bits per heavy atom. The first-order valence-electron chi connectivity index (χ1n) is 20.7. The lowest BCUT2D eigenvalue weighted by molar-refractivity contribution is 0.795. The molecule has 0 spiro atoms. The molecule has 0 radical (unpaired) electrons. The Morgan fingerprint density at radius 2 is 1.03 bits per heavy atom. The highest BCUT2D eigenvalue weighted by molar-refractivity contribution is 7.26. The third-order valence-corrected chi connectivity index (χ3v) is 12.9. The zero-order chi connectivity index (χ0) is 40.0. The fourth-order valence-electron chi connectivity index (χ4n) is 8.58. The minimum atomic E-state index is 0.581. The minimum absolute atomic E-state index is 0.581. The smallest absolute Gasteiger partial charge is 0.238 e. The molecule has 0 saturated carbocycles. The lowest BCUT2D eigenvalue weighted by Crippen LogP contribution is -2.06.